The van der Waals surface area contributed by atoms with Crippen molar-refractivity contribution in [3.05, 3.63) is 76.8 Å². The molecule has 4 atom stereocenters. The number of piperazine rings is 1. The molecule has 4 aliphatic rings. The van der Waals surface area contributed by atoms with E-state index in [1.54, 1.807) is 24.4 Å². The van der Waals surface area contributed by atoms with Gasteiger partial charge in [-0.25, -0.2) is 9.78 Å². The van der Waals surface area contributed by atoms with Gasteiger partial charge in [0.1, 0.15) is 11.5 Å². The smallest absolute Gasteiger partial charge is 0.335 e. The van der Waals surface area contributed by atoms with Crippen LogP contribution in [0.3, 0.4) is 0 Å². The number of fused-ring (bicyclic) bond motifs is 3. The maximum atomic E-state index is 11.7. The van der Waals surface area contributed by atoms with Crippen molar-refractivity contribution < 1.29 is 24.1 Å². The molecule has 2 aromatic carbocycles. The van der Waals surface area contributed by atoms with Crippen LogP contribution in [0.1, 0.15) is 48.1 Å². The van der Waals surface area contributed by atoms with Crippen LogP contribution >= 0.6 is 11.6 Å². The number of hydrogen-bond donors (Lipinski definition) is 1. The largest absolute Gasteiger partial charge is 0.478 e. The van der Waals surface area contributed by atoms with Gasteiger partial charge in [0.15, 0.2) is 11.5 Å². The van der Waals surface area contributed by atoms with Gasteiger partial charge in [0.05, 0.1) is 46.5 Å². The number of rotatable bonds is 7. The van der Waals surface area contributed by atoms with E-state index >= 15 is 0 Å². The summed E-state index contributed by atoms with van der Waals surface area (Å²) in [6.07, 6.45) is 4.94. The second-order valence-electron chi connectivity index (χ2n) is 11.9. The van der Waals surface area contributed by atoms with Crippen LogP contribution < -0.4 is 14.4 Å². The monoisotopic (exact) mass is 601 g/mol. The molecule has 0 bridgehead atoms. The Kier molecular flexibility index (Phi) is 6.29. The lowest BCUT2D eigenvalue weighted by Gasteiger charge is -2.54. The zero-order valence-electron chi connectivity index (χ0n) is 23.8. The van der Waals surface area contributed by atoms with Gasteiger partial charge in [-0.2, -0.15) is 0 Å². The van der Waals surface area contributed by atoms with E-state index < -0.39 is 11.8 Å². The maximum Gasteiger partial charge on any atom is 0.335 e. The first-order chi connectivity index (χ1) is 20.9. The first-order valence-corrected chi connectivity index (χ1v) is 15.2. The Morgan fingerprint density at radius 2 is 1.95 bits per heavy atom. The zero-order valence-corrected chi connectivity index (χ0v) is 24.5. The van der Waals surface area contributed by atoms with Gasteiger partial charge < -0.3 is 28.8 Å². The van der Waals surface area contributed by atoms with Gasteiger partial charge in [-0.3, -0.25) is 9.88 Å². The molecule has 0 radical (unpaired) electrons. The summed E-state index contributed by atoms with van der Waals surface area (Å²) in [5.41, 5.74) is 3.64. The summed E-state index contributed by atoms with van der Waals surface area (Å²) in [7, 11) is 0. The molecular weight excluding hydrogens is 570 g/mol. The summed E-state index contributed by atoms with van der Waals surface area (Å²) in [4.78, 5) is 26.2. The fraction of sp³-hybridized carbons (Fsp3) is 0.406. The third kappa shape index (κ3) is 4.51. The standard InChI is InChI=1S/C32H32ClN5O5/c1-32(28-10-6-20(33)16-34-28)42-27-4-2-3-25(30(27)43-32)37-13-12-36(23-8-9-24(23)37)18-29-35-22-7-5-19(31(39)40)15-26(22)38(29)17-21-11-14-41-21/h2-7,10,15-16,21,23-24H,8-9,11-14,17-18H2,1H3,(H,39,40)/t21-,23-,24+,32-/m0/s1. The molecule has 11 heteroatoms. The van der Waals surface area contributed by atoms with Crippen molar-refractivity contribution in [2.75, 3.05) is 24.6 Å². The van der Waals surface area contributed by atoms with Gasteiger partial charge in [-0.15, -0.1) is 0 Å². The van der Waals surface area contributed by atoms with Crippen LogP contribution in [0.25, 0.3) is 11.0 Å². The third-order valence-corrected chi connectivity index (χ3v) is 9.58. The van der Waals surface area contributed by atoms with E-state index in [9.17, 15) is 9.90 Å². The number of carboxylic acids is 1. The van der Waals surface area contributed by atoms with Crippen LogP contribution in [0.4, 0.5) is 5.69 Å². The van der Waals surface area contributed by atoms with Crippen molar-refractivity contribution >= 4 is 34.3 Å². The number of ether oxygens (including phenoxy) is 3. The molecule has 43 heavy (non-hydrogen) atoms. The van der Waals surface area contributed by atoms with Gasteiger partial charge in [-0.05, 0) is 61.7 Å². The molecule has 3 fully saturated rings. The molecule has 8 rings (SSSR count). The molecule has 0 amide bonds. The second-order valence-corrected chi connectivity index (χ2v) is 12.4. The summed E-state index contributed by atoms with van der Waals surface area (Å²) in [5.74, 6) is 0.444. The van der Waals surface area contributed by atoms with Gasteiger partial charge in [-0.1, -0.05) is 17.7 Å². The minimum Gasteiger partial charge on any atom is -0.478 e. The van der Waals surface area contributed by atoms with Crippen molar-refractivity contribution in [1.82, 2.24) is 19.4 Å². The van der Waals surface area contributed by atoms with Gasteiger partial charge in [0, 0.05) is 44.9 Å². The first-order valence-electron chi connectivity index (χ1n) is 14.8. The highest BCUT2D eigenvalue weighted by Gasteiger charge is 2.47. The number of carboxylic acid groups (broad SMARTS) is 1. The van der Waals surface area contributed by atoms with Gasteiger partial charge >= 0.3 is 5.97 Å². The number of aromatic nitrogens is 3. The van der Waals surface area contributed by atoms with E-state index in [2.05, 4.69) is 25.4 Å². The van der Waals surface area contributed by atoms with E-state index in [1.807, 2.05) is 31.2 Å². The van der Waals surface area contributed by atoms with Gasteiger partial charge in [0.25, 0.3) is 5.79 Å². The highest BCUT2D eigenvalue weighted by molar-refractivity contribution is 6.30. The van der Waals surface area contributed by atoms with Crippen molar-refractivity contribution in [3.63, 3.8) is 0 Å². The average molecular weight is 602 g/mol. The molecule has 2 aromatic heterocycles. The van der Waals surface area contributed by atoms with Crippen molar-refractivity contribution in [2.45, 2.75) is 63.3 Å². The Balaban J connectivity index is 1.05. The van der Waals surface area contributed by atoms with Gasteiger partial charge in [0.2, 0.25) is 0 Å². The van der Waals surface area contributed by atoms with Crippen LogP contribution in [0.15, 0.2) is 54.7 Å². The maximum absolute atomic E-state index is 11.7. The van der Waals surface area contributed by atoms with E-state index in [0.29, 0.717) is 41.6 Å². The molecule has 0 spiro atoms. The highest BCUT2D eigenvalue weighted by atomic mass is 35.5. The van der Waals surface area contributed by atoms with E-state index in [0.717, 1.165) is 67.3 Å². The van der Waals surface area contributed by atoms with Crippen LogP contribution in [0.5, 0.6) is 11.5 Å². The topological polar surface area (TPSA) is 102 Å². The Labute approximate surface area is 253 Å². The molecule has 0 unspecified atom stereocenters. The average Bonchev–Trinajstić information content (AvgIpc) is 3.48. The third-order valence-electron chi connectivity index (χ3n) is 9.36. The summed E-state index contributed by atoms with van der Waals surface area (Å²) >= 11 is 6.07. The normalized spacial score (nSPS) is 26.2. The second kappa shape index (κ2) is 10.1. The minimum absolute atomic E-state index is 0.133. The quantitative estimate of drug-likeness (QED) is 0.311. The molecule has 10 nitrogen and oxygen atoms in total. The molecule has 1 saturated carbocycles. The number of imidazole rings is 1. The van der Waals surface area contributed by atoms with Crippen LogP contribution in [0.2, 0.25) is 5.02 Å². The predicted octanol–water partition coefficient (Wildman–Crippen LogP) is 5.07. The van der Waals surface area contributed by atoms with Crippen LogP contribution in [0, 0.1) is 0 Å². The fourth-order valence-electron chi connectivity index (χ4n) is 6.85. The number of halogens is 1. The summed E-state index contributed by atoms with van der Waals surface area (Å²) in [6.45, 7) is 5.74. The fourth-order valence-corrected chi connectivity index (χ4v) is 6.96. The zero-order chi connectivity index (χ0) is 29.3. The molecular formula is C32H32ClN5O5. The Morgan fingerprint density at radius 3 is 2.67 bits per heavy atom. The van der Waals surface area contributed by atoms with E-state index in [-0.39, 0.29) is 11.7 Å². The molecule has 222 valence electrons. The summed E-state index contributed by atoms with van der Waals surface area (Å²) in [6, 6.07) is 15.6. The first kappa shape index (κ1) is 26.7. The Hall–Kier alpha value is -3.86. The van der Waals surface area contributed by atoms with Crippen molar-refractivity contribution in [2.24, 2.45) is 0 Å². The number of nitrogens with zero attached hydrogens (tertiary/aromatic N) is 5. The number of carbonyl (C=O) groups is 1. The minimum atomic E-state index is -1.03. The number of hydrogen-bond acceptors (Lipinski definition) is 8. The summed E-state index contributed by atoms with van der Waals surface area (Å²) < 4.78 is 20.8. The molecule has 4 aromatic rings. The Morgan fingerprint density at radius 1 is 1.09 bits per heavy atom. The molecule has 2 saturated heterocycles. The number of aromatic carboxylic acids is 1. The van der Waals surface area contributed by atoms with Crippen LogP contribution in [-0.2, 0) is 23.6 Å². The van der Waals surface area contributed by atoms with Crippen LogP contribution in [-0.4, -0.2) is 68.4 Å². The predicted molar refractivity (Wildman–Crippen MR) is 160 cm³/mol. The highest BCUT2D eigenvalue weighted by Crippen LogP contribution is 2.51. The number of benzene rings is 2. The SMILES string of the molecule is C[C@]1(c2ccc(Cl)cn2)Oc2cccc(N3CCN(Cc4nc5ccc(C(=O)O)cc5n4C[C@@H]4CCO4)[C@H]4CC[C@H]43)c2O1. The molecule has 3 aliphatic heterocycles. The molecule has 5 heterocycles. The Bertz CT molecular complexity index is 1720. The number of anilines is 1. The lowest BCUT2D eigenvalue weighted by Crippen LogP contribution is -2.64. The molecule has 1 aliphatic carbocycles. The van der Waals surface area contributed by atoms with E-state index in [1.165, 1.54) is 0 Å². The lowest BCUT2D eigenvalue weighted by molar-refractivity contribution is -0.0717. The van der Waals surface area contributed by atoms with Crippen molar-refractivity contribution in [3.8, 4) is 11.5 Å². The van der Waals surface area contributed by atoms with E-state index in [4.69, 9.17) is 30.8 Å². The number of para-hydroxylation sites is 1. The number of pyridine rings is 1. The lowest BCUT2D eigenvalue weighted by atomic mass is 9.81. The van der Waals surface area contributed by atoms with Crippen molar-refractivity contribution in [1.29, 1.82) is 0 Å². The summed E-state index contributed by atoms with van der Waals surface area (Å²) in [5, 5.41) is 10.2. The molecule has 1 N–H and O–H groups in total.